The first-order valence-corrected chi connectivity index (χ1v) is 9.00. The Hall–Kier alpha value is -3.38. The number of nitrogens with one attached hydrogen (secondary N) is 2. The fraction of sp³-hybridized carbons (Fsp3) is 0.0952. The van der Waals surface area contributed by atoms with Gasteiger partial charge in [-0.2, -0.15) is 0 Å². The molecule has 0 bridgehead atoms. The normalized spacial score (nSPS) is 10.2. The summed E-state index contributed by atoms with van der Waals surface area (Å²) in [4.78, 5) is 28.3. The predicted octanol–water partition coefficient (Wildman–Crippen LogP) is 4.91. The molecule has 142 valence electrons. The number of esters is 1. The molecule has 0 unspecified atom stereocenters. The van der Waals surface area contributed by atoms with Gasteiger partial charge in [0.2, 0.25) is 0 Å². The first kappa shape index (κ1) is 19.4. The standard InChI is InChI=1S/C21H18ClN3O3/c1-2-28-21(27)14-6-9-17(10-7-14)25-20(26)15-8-11-19(23-13-15)24-18-5-3-4-16(22)12-18/h3-13H,2H2,1H3,(H,23,24)(H,25,26). The Morgan fingerprint density at radius 2 is 1.75 bits per heavy atom. The molecule has 0 aliphatic heterocycles. The lowest BCUT2D eigenvalue weighted by Gasteiger charge is -2.08. The number of carbonyl (C=O) groups is 2. The summed E-state index contributed by atoms with van der Waals surface area (Å²) in [5.41, 5.74) is 2.21. The van der Waals surface area contributed by atoms with Gasteiger partial charge < -0.3 is 15.4 Å². The van der Waals surface area contributed by atoms with Crippen LogP contribution in [0.5, 0.6) is 0 Å². The molecule has 1 aromatic heterocycles. The fourth-order valence-corrected chi connectivity index (χ4v) is 2.61. The highest BCUT2D eigenvalue weighted by Crippen LogP contribution is 2.19. The lowest BCUT2D eigenvalue weighted by atomic mass is 10.2. The molecule has 0 saturated carbocycles. The monoisotopic (exact) mass is 395 g/mol. The molecule has 2 aromatic carbocycles. The Balaban J connectivity index is 1.62. The van der Waals surface area contributed by atoms with Gasteiger partial charge in [-0.15, -0.1) is 0 Å². The van der Waals surface area contributed by atoms with Crippen LogP contribution in [0.1, 0.15) is 27.6 Å². The van der Waals surface area contributed by atoms with Crippen LogP contribution >= 0.6 is 11.6 Å². The number of anilines is 3. The van der Waals surface area contributed by atoms with E-state index in [4.69, 9.17) is 16.3 Å². The molecule has 3 rings (SSSR count). The van der Waals surface area contributed by atoms with Gasteiger partial charge in [0.1, 0.15) is 5.82 Å². The minimum Gasteiger partial charge on any atom is -0.462 e. The summed E-state index contributed by atoms with van der Waals surface area (Å²) in [6.45, 7) is 2.06. The maximum Gasteiger partial charge on any atom is 0.338 e. The fourth-order valence-electron chi connectivity index (χ4n) is 2.42. The SMILES string of the molecule is CCOC(=O)c1ccc(NC(=O)c2ccc(Nc3cccc(Cl)c3)nc2)cc1. The van der Waals surface area contributed by atoms with Crippen LogP contribution in [-0.2, 0) is 4.74 Å². The van der Waals surface area contributed by atoms with Gasteiger partial charge in [-0.3, -0.25) is 4.79 Å². The third-order valence-electron chi connectivity index (χ3n) is 3.78. The summed E-state index contributed by atoms with van der Waals surface area (Å²) in [6.07, 6.45) is 1.48. The Morgan fingerprint density at radius 3 is 2.39 bits per heavy atom. The molecule has 0 radical (unpaired) electrons. The highest BCUT2D eigenvalue weighted by atomic mass is 35.5. The lowest BCUT2D eigenvalue weighted by molar-refractivity contribution is 0.0526. The largest absolute Gasteiger partial charge is 0.462 e. The molecule has 0 fully saturated rings. The lowest BCUT2D eigenvalue weighted by Crippen LogP contribution is -2.12. The molecule has 0 saturated heterocycles. The number of halogens is 1. The van der Waals surface area contributed by atoms with Crippen molar-refractivity contribution in [2.75, 3.05) is 17.2 Å². The van der Waals surface area contributed by atoms with Gasteiger partial charge in [-0.25, -0.2) is 9.78 Å². The second-order valence-electron chi connectivity index (χ2n) is 5.82. The van der Waals surface area contributed by atoms with Crippen molar-refractivity contribution in [3.63, 3.8) is 0 Å². The van der Waals surface area contributed by atoms with E-state index in [0.717, 1.165) is 5.69 Å². The van der Waals surface area contributed by atoms with Crippen LogP contribution in [0.4, 0.5) is 17.2 Å². The topological polar surface area (TPSA) is 80.3 Å². The first-order valence-electron chi connectivity index (χ1n) is 8.62. The third-order valence-corrected chi connectivity index (χ3v) is 4.01. The molecular formula is C21H18ClN3O3. The van der Waals surface area contributed by atoms with Crippen LogP contribution in [0.2, 0.25) is 5.02 Å². The van der Waals surface area contributed by atoms with Crippen LogP contribution in [0, 0.1) is 0 Å². The molecule has 6 nitrogen and oxygen atoms in total. The van der Waals surface area contributed by atoms with Crippen LogP contribution in [0.25, 0.3) is 0 Å². The number of nitrogens with zero attached hydrogens (tertiary/aromatic N) is 1. The first-order chi connectivity index (χ1) is 13.5. The number of hydrogen-bond donors (Lipinski definition) is 2. The molecule has 1 heterocycles. The second-order valence-corrected chi connectivity index (χ2v) is 6.26. The van der Waals surface area contributed by atoms with Crippen LogP contribution in [0.15, 0.2) is 66.9 Å². The Kier molecular flexibility index (Phi) is 6.24. The minimum absolute atomic E-state index is 0.300. The van der Waals surface area contributed by atoms with Crippen molar-refractivity contribution < 1.29 is 14.3 Å². The summed E-state index contributed by atoms with van der Waals surface area (Å²) in [5, 5.41) is 6.50. The van der Waals surface area contributed by atoms with Crippen molar-refractivity contribution in [2.24, 2.45) is 0 Å². The number of ether oxygens (including phenoxy) is 1. The average molecular weight is 396 g/mol. The van der Waals surface area contributed by atoms with Gasteiger partial charge >= 0.3 is 5.97 Å². The van der Waals surface area contributed by atoms with Crippen molar-refractivity contribution in [3.8, 4) is 0 Å². The van der Waals surface area contributed by atoms with Crippen molar-refractivity contribution in [1.82, 2.24) is 4.98 Å². The number of rotatable bonds is 6. The van der Waals surface area contributed by atoms with Crippen molar-refractivity contribution in [3.05, 3.63) is 83.0 Å². The quantitative estimate of drug-likeness (QED) is 0.580. The Bertz CT molecular complexity index is 973. The number of hydrogen-bond acceptors (Lipinski definition) is 5. The molecule has 2 N–H and O–H groups in total. The number of aromatic nitrogens is 1. The molecule has 28 heavy (non-hydrogen) atoms. The molecule has 0 spiro atoms. The maximum atomic E-state index is 12.4. The zero-order chi connectivity index (χ0) is 19.9. The summed E-state index contributed by atoms with van der Waals surface area (Å²) >= 11 is 5.96. The van der Waals surface area contributed by atoms with E-state index in [1.54, 1.807) is 55.5 Å². The maximum absolute atomic E-state index is 12.4. The van der Waals surface area contributed by atoms with E-state index in [9.17, 15) is 9.59 Å². The molecule has 0 aliphatic rings. The third kappa shape index (κ3) is 5.08. The summed E-state index contributed by atoms with van der Waals surface area (Å²) in [6, 6.07) is 17.1. The van der Waals surface area contributed by atoms with Gasteiger partial charge in [-0.1, -0.05) is 17.7 Å². The van der Waals surface area contributed by atoms with E-state index in [2.05, 4.69) is 15.6 Å². The molecule has 7 heteroatoms. The Morgan fingerprint density at radius 1 is 1.00 bits per heavy atom. The van der Waals surface area contributed by atoms with Crippen molar-refractivity contribution in [1.29, 1.82) is 0 Å². The van der Waals surface area contributed by atoms with Gasteiger partial charge in [0.05, 0.1) is 17.7 Å². The average Bonchev–Trinajstić information content (AvgIpc) is 2.69. The number of carbonyl (C=O) groups excluding carboxylic acids is 2. The predicted molar refractivity (Wildman–Crippen MR) is 109 cm³/mol. The zero-order valence-corrected chi connectivity index (χ0v) is 15.9. The summed E-state index contributed by atoms with van der Waals surface area (Å²) in [5.74, 6) is -0.101. The van der Waals surface area contributed by atoms with Crippen molar-refractivity contribution in [2.45, 2.75) is 6.92 Å². The highest BCUT2D eigenvalue weighted by molar-refractivity contribution is 6.30. The minimum atomic E-state index is -0.396. The van der Waals surface area contributed by atoms with E-state index in [0.29, 0.717) is 34.3 Å². The summed E-state index contributed by atoms with van der Waals surface area (Å²) < 4.78 is 4.93. The van der Waals surface area contributed by atoms with E-state index < -0.39 is 5.97 Å². The van der Waals surface area contributed by atoms with Crippen molar-refractivity contribution >= 4 is 40.7 Å². The number of benzene rings is 2. The molecule has 0 aliphatic carbocycles. The number of amides is 1. The van der Waals surface area contributed by atoms with E-state index in [-0.39, 0.29) is 5.91 Å². The molecule has 1 amide bonds. The van der Waals surface area contributed by atoms with E-state index >= 15 is 0 Å². The highest BCUT2D eigenvalue weighted by Gasteiger charge is 2.09. The Labute approximate surface area is 167 Å². The van der Waals surface area contributed by atoms with Gasteiger partial charge in [0.25, 0.3) is 5.91 Å². The van der Waals surface area contributed by atoms with Gasteiger partial charge in [0.15, 0.2) is 0 Å². The molecule has 0 atom stereocenters. The van der Waals surface area contributed by atoms with Crippen LogP contribution in [-0.4, -0.2) is 23.5 Å². The van der Waals surface area contributed by atoms with Crippen LogP contribution in [0.3, 0.4) is 0 Å². The zero-order valence-electron chi connectivity index (χ0n) is 15.1. The van der Waals surface area contributed by atoms with Gasteiger partial charge in [0, 0.05) is 22.6 Å². The van der Waals surface area contributed by atoms with E-state index in [1.807, 2.05) is 12.1 Å². The molecule has 3 aromatic rings. The second kappa shape index (κ2) is 9.01. The smallest absolute Gasteiger partial charge is 0.338 e. The molecular weight excluding hydrogens is 378 g/mol. The number of pyridine rings is 1. The van der Waals surface area contributed by atoms with Crippen LogP contribution < -0.4 is 10.6 Å². The van der Waals surface area contributed by atoms with Gasteiger partial charge in [-0.05, 0) is 61.5 Å². The summed E-state index contributed by atoms with van der Waals surface area (Å²) in [7, 11) is 0. The van der Waals surface area contributed by atoms with E-state index in [1.165, 1.54) is 6.20 Å².